The highest BCUT2D eigenvalue weighted by Gasteiger charge is 1.95. The van der Waals surface area contributed by atoms with Crippen molar-refractivity contribution in [3.05, 3.63) is 28.0 Å². The third kappa shape index (κ3) is 6.95. The van der Waals surface area contributed by atoms with Crippen LogP contribution in [0.5, 0.6) is 0 Å². The zero-order valence-corrected chi connectivity index (χ0v) is 11.1. The van der Waals surface area contributed by atoms with Crippen LogP contribution in [-0.4, -0.2) is 11.1 Å². The van der Waals surface area contributed by atoms with Gasteiger partial charge in [0.2, 0.25) is 0 Å². The van der Waals surface area contributed by atoms with Gasteiger partial charge in [-0.15, -0.1) is 11.3 Å². The van der Waals surface area contributed by atoms with Crippen molar-refractivity contribution in [1.82, 2.24) is 0 Å². The molecule has 0 aliphatic carbocycles. The second kappa shape index (κ2) is 8.07. The summed E-state index contributed by atoms with van der Waals surface area (Å²) in [6.07, 6.45) is 9.90. The Morgan fingerprint density at radius 3 is 2.71 bits per heavy atom. The number of aryl methyl sites for hydroxylation is 1. The van der Waals surface area contributed by atoms with E-state index in [4.69, 9.17) is 5.11 Å². The van der Waals surface area contributed by atoms with Crippen LogP contribution in [0.3, 0.4) is 0 Å². The molecule has 3 heteroatoms. The zero-order chi connectivity index (χ0) is 12.5. The molecular formula is C14H20O2S. The second-order valence-electron chi connectivity index (χ2n) is 4.20. The third-order valence-electron chi connectivity index (χ3n) is 2.55. The van der Waals surface area contributed by atoms with Crippen molar-refractivity contribution >= 4 is 23.4 Å². The molecule has 0 aliphatic heterocycles. The van der Waals surface area contributed by atoms with Crippen LogP contribution in [0.2, 0.25) is 0 Å². The lowest BCUT2D eigenvalue weighted by Crippen LogP contribution is -1.93. The fraction of sp³-hybridized carbons (Fsp3) is 0.500. The Labute approximate surface area is 107 Å². The lowest BCUT2D eigenvalue weighted by molar-refractivity contribution is -0.137. The van der Waals surface area contributed by atoms with Crippen LogP contribution in [0.15, 0.2) is 18.2 Å². The number of carboxylic acid groups (broad SMARTS) is 1. The first-order chi connectivity index (χ1) is 8.18. The van der Waals surface area contributed by atoms with Crippen molar-refractivity contribution in [2.45, 2.75) is 45.4 Å². The summed E-state index contributed by atoms with van der Waals surface area (Å²) in [6.45, 7) is 2.12. The highest BCUT2D eigenvalue weighted by molar-refractivity contribution is 7.12. The molecule has 0 aromatic carbocycles. The number of hydrogen-bond acceptors (Lipinski definition) is 2. The maximum absolute atomic E-state index is 10.3. The molecule has 1 aromatic heterocycles. The van der Waals surface area contributed by atoms with Gasteiger partial charge in [0.15, 0.2) is 0 Å². The number of rotatable bonds is 8. The molecule has 0 atom stereocenters. The van der Waals surface area contributed by atoms with Crippen LogP contribution in [0.4, 0.5) is 0 Å². The molecule has 0 saturated carbocycles. The van der Waals surface area contributed by atoms with E-state index in [-0.39, 0.29) is 0 Å². The summed E-state index contributed by atoms with van der Waals surface area (Å²) in [7, 11) is 0. The summed E-state index contributed by atoms with van der Waals surface area (Å²) < 4.78 is 0. The van der Waals surface area contributed by atoms with Crippen molar-refractivity contribution in [3.63, 3.8) is 0 Å². The molecule has 0 radical (unpaired) electrons. The second-order valence-corrected chi connectivity index (χ2v) is 5.52. The minimum Gasteiger partial charge on any atom is -0.481 e. The highest BCUT2D eigenvalue weighted by Crippen LogP contribution is 2.17. The van der Waals surface area contributed by atoms with Gasteiger partial charge >= 0.3 is 5.97 Å². The molecule has 2 nitrogen and oxygen atoms in total. The molecule has 1 heterocycles. The van der Waals surface area contributed by atoms with Crippen LogP contribution in [0.25, 0.3) is 6.08 Å². The van der Waals surface area contributed by atoms with Crippen molar-refractivity contribution in [3.8, 4) is 0 Å². The fourth-order valence-corrected chi connectivity index (χ4v) is 2.44. The molecule has 17 heavy (non-hydrogen) atoms. The Bertz CT molecular complexity index is 366. The molecule has 0 bridgehead atoms. The van der Waals surface area contributed by atoms with Gasteiger partial charge in [0.05, 0.1) is 0 Å². The Morgan fingerprint density at radius 1 is 1.29 bits per heavy atom. The molecule has 94 valence electrons. The minimum atomic E-state index is -0.682. The summed E-state index contributed by atoms with van der Waals surface area (Å²) in [5.41, 5.74) is 0. The topological polar surface area (TPSA) is 37.3 Å². The minimum absolute atomic E-state index is 0.310. The van der Waals surface area contributed by atoms with Crippen LogP contribution in [-0.2, 0) is 4.79 Å². The molecule has 0 aliphatic rings. The summed E-state index contributed by atoms with van der Waals surface area (Å²) in [5, 5.41) is 8.47. The molecule has 0 saturated heterocycles. The Balaban J connectivity index is 2.00. The van der Waals surface area contributed by atoms with E-state index in [1.807, 2.05) is 11.3 Å². The molecule has 1 rings (SSSR count). The highest BCUT2D eigenvalue weighted by atomic mass is 32.1. The first-order valence-electron chi connectivity index (χ1n) is 6.13. The number of carbonyl (C=O) groups is 1. The van der Waals surface area contributed by atoms with E-state index in [0.717, 1.165) is 32.1 Å². The summed E-state index contributed by atoms with van der Waals surface area (Å²) in [4.78, 5) is 12.9. The van der Waals surface area contributed by atoms with Gasteiger partial charge in [0, 0.05) is 16.2 Å². The maximum atomic E-state index is 10.3. The van der Waals surface area contributed by atoms with Gasteiger partial charge in [-0.25, -0.2) is 0 Å². The average Bonchev–Trinajstić information content (AvgIpc) is 2.68. The third-order valence-corrected chi connectivity index (χ3v) is 3.52. The lowest BCUT2D eigenvalue weighted by Gasteiger charge is -1.96. The summed E-state index contributed by atoms with van der Waals surface area (Å²) >= 11 is 1.81. The average molecular weight is 252 g/mol. The van der Waals surface area contributed by atoms with Gasteiger partial charge in [-0.1, -0.05) is 18.9 Å². The van der Waals surface area contributed by atoms with Crippen LogP contribution in [0.1, 0.15) is 48.3 Å². The quantitative estimate of drug-likeness (QED) is 0.692. The van der Waals surface area contributed by atoms with Gasteiger partial charge in [-0.2, -0.15) is 0 Å². The van der Waals surface area contributed by atoms with Crippen molar-refractivity contribution in [2.24, 2.45) is 0 Å². The zero-order valence-electron chi connectivity index (χ0n) is 10.3. The van der Waals surface area contributed by atoms with E-state index in [0.29, 0.717) is 6.42 Å². The predicted molar refractivity (Wildman–Crippen MR) is 73.4 cm³/mol. The molecular weight excluding hydrogens is 232 g/mol. The first-order valence-corrected chi connectivity index (χ1v) is 6.95. The summed E-state index contributed by atoms with van der Waals surface area (Å²) in [6, 6.07) is 4.28. The monoisotopic (exact) mass is 252 g/mol. The van der Waals surface area contributed by atoms with Crippen LogP contribution < -0.4 is 0 Å². The van der Waals surface area contributed by atoms with Gasteiger partial charge < -0.3 is 5.11 Å². The molecule has 1 aromatic rings. The number of hydrogen-bond donors (Lipinski definition) is 1. The van der Waals surface area contributed by atoms with Crippen molar-refractivity contribution in [2.75, 3.05) is 0 Å². The molecule has 0 fully saturated rings. The lowest BCUT2D eigenvalue weighted by atomic mass is 10.1. The normalized spacial score (nSPS) is 11.1. The molecule has 0 amide bonds. The number of thiophene rings is 1. The number of aliphatic carboxylic acids is 1. The Hall–Kier alpha value is -1.09. The molecule has 0 unspecified atom stereocenters. The predicted octanol–water partition coefficient (Wildman–Crippen LogP) is 4.49. The Kier molecular flexibility index (Phi) is 6.63. The standard InChI is InChI=1S/C14H20O2S/c1-12-10-11-13(17-12)8-6-4-2-3-5-7-9-14(15)16/h6,8,10-11H,2-5,7,9H2,1H3,(H,15,16)/b8-6+. The SMILES string of the molecule is Cc1ccc(/C=C/CCCCCCC(=O)O)s1. The van der Waals surface area contributed by atoms with E-state index in [1.165, 1.54) is 9.75 Å². The van der Waals surface area contributed by atoms with E-state index in [2.05, 4.69) is 31.2 Å². The van der Waals surface area contributed by atoms with E-state index in [9.17, 15) is 4.79 Å². The molecule has 0 spiro atoms. The first kappa shape index (κ1) is 14.0. The van der Waals surface area contributed by atoms with Crippen molar-refractivity contribution < 1.29 is 9.90 Å². The number of carboxylic acids is 1. The van der Waals surface area contributed by atoms with Gasteiger partial charge in [-0.05, 0) is 44.4 Å². The molecule has 1 N–H and O–H groups in total. The van der Waals surface area contributed by atoms with Gasteiger partial charge in [0.1, 0.15) is 0 Å². The van der Waals surface area contributed by atoms with E-state index < -0.39 is 5.97 Å². The van der Waals surface area contributed by atoms with Gasteiger partial charge in [-0.3, -0.25) is 4.79 Å². The van der Waals surface area contributed by atoms with Gasteiger partial charge in [0.25, 0.3) is 0 Å². The number of allylic oxidation sites excluding steroid dienone is 1. The van der Waals surface area contributed by atoms with Crippen molar-refractivity contribution in [1.29, 1.82) is 0 Å². The summed E-state index contributed by atoms with van der Waals surface area (Å²) in [5.74, 6) is -0.682. The van der Waals surface area contributed by atoms with Crippen LogP contribution >= 0.6 is 11.3 Å². The van der Waals surface area contributed by atoms with E-state index in [1.54, 1.807) is 0 Å². The van der Waals surface area contributed by atoms with E-state index >= 15 is 0 Å². The maximum Gasteiger partial charge on any atom is 0.303 e. The smallest absolute Gasteiger partial charge is 0.303 e. The number of unbranched alkanes of at least 4 members (excludes halogenated alkanes) is 4. The van der Waals surface area contributed by atoms with Crippen LogP contribution in [0, 0.1) is 6.92 Å². The largest absolute Gasteiger partial charge is 0.481 e. The fourth-order valence-electron chi connectivity index (χ4n) is 1.63. The Morgan fingerprint density at radius 2 is 2.06 bits per heavy atom.